The van der Waals surface area contributed by atoms with Crippen molar-refractivity contribution in [2.24, 2.45) is 5.92 Å². The molecule has 0 aliphatic carbocycles. The number of nitrogen functional groups attached to an aromatic ring is 1. The van der Waals surface area contributed by atoms with E-state index in [1.807, 2.05) is 18.3 Å². The Hall–Kier alpha value is -1.77. The first-order chi connectivity index (χ1) is 8.58. The number of pyridine rings is 1. The normalized spacial score (nSPS) is 11.1. The molecule has 0 saturated carbocycles. The maximum Gasteiger partial charge on any atom is 0.0743 e. The molecule has 0 aliphatic heterocycles. The number of rotatable bonds is 4. The van der Waals surface area contributed by atoms with Crippen molar-refractivity contribution in [3.8, 4) is 0 Å². The Bertz CT molecular complexity index is 534. The number of hydrogen-bond acceptors (Lipinski definition) is 3. The molecule has 3 heteroatoms. The molecule has 2 aromatic rings. The minimum Gasteiger partial charge on any atom is -0.399 e. The van der Waals surface area contributed by atoms with Gasteiger partial charge >= 0.3 is 0 Å². The van der Waals surface area contributed by atoms with Crippen molar-refractivity contribution >= 4 is 22.3 Å². The third kappa shape index (κ3) is 2.73. The molecule has 2 rings (SSSR count). The highest BCUT2D eigenvalue weighted by Gasteiger charge is 2.07. The van der Waals surface area contributed by atoms with Crippen LogP contribution in [-0.4, -0.2) is 18.6 Å². The summed E-state index contributed by atoms with van der Waals surface area (Å²) in [5.41, 5.74) is 8.74. The number of nitrogens with zero attached hydrogens (tertiary/aromatic N) is 2. The van der Waals surface area contributed by atoms with E-state index in [1.54, 1.807) is 0 Å². The van der Waals surface area contributed by atoms with Gasteiger partial charge in [-0.15, -0.1) is 0 Å². The van der Waals surface area contributed by atoms with Gasteiger partial charge in [0, 0.05) is 36.6 Å². The summed E-state index contributed by atoms with van der Waals surface area (Å²) in [5.74, 6) is 0.719. The van der Waals surface area contributed by atoms with Gasteiger partial charge in [-0.2, -0.15) is 0 Å². The van der Waals surface area contributed by atoms with Crippen LogP contribution in [0.15, 0.2) is 30.5 Å². The van der Waals surface area contributed by atoms with Crippen molar-refractivity contribution in [3.63, 3.8) is 0 Å². The van der Waals surface area contributed by atoms with Crippen LogP contribution in [0, 0.1) is 5.92 Å². The van der Waals surface area contributed by atoms with Crippen LogP contribution in [0.2, 0.25) is 0 Å². The van der Waals surface area contributed by atoms with Gasteiger partial charge in [-0.25, -0.2) is 0 Å². The molecule has 1 aromatic carbocycles. The lowest BCUT2D eigenvalue weighted by Gasteiger charge is -2.22. The average molecular weight is 243 g/mol. The molecule has 18 heavy (non-hydrogen) atoms. The molecule has 0 amide bonds. The van der Waals surface area contributed by atoms with Crippen molar-refractivity contribution in [1.29, 1.82) is 0 Å². The fourth-order valence-corrected chi connectivity index (χ4v) is 2.06. The van der Waals surface area contributed by atoms with Crippen molar-refractivity contribution in [2.45, 2.75) is 20.3 Å². The van der Waals surface area contributed by atoms with Gasteiger partial charge in [0.25, 0.3) is 0 Å². The maximum absolute atomic E-state index is 5.79. The lowest BCUT2D eigenvalue weighted by atomic mass is 10.1. The maximum atomic E-state index is 5.79. The van der Waals surface area contributed by atoms with E-state index in [2.05, 4.69) is 42.9 Å². The quantitative estimate of drug-likeness (QED) is 0.838. The molecule has 0 radical (unpaired) electrons. The largest absolute Gasteiger partial charge is 0.399 e. The molecule has 0 bridgehead atoms. The lowest BCUT2D eigenvalue weighted by Crippen LogP contribution is -2.20. The monoisotopic (exact) mass is 243 g/mol. The van der Waals surface area contributed by atoms with E-state index in [1.165, 1.54) is 12.1 Å². The molecule has 96 valence electrons. The van der Waals surface area contributed by atoms with E-state index in [-0.39, 0.29) is 0 Å². The van der Waals surface area contributed by atoms with Gasteiger partial charge in [0.05, 0.1) is 5.52 Å². The number of hydrogen-bond donors (Lipinski definition) is 1. The zero-order chi connectivity index (χ0) is 13.1. The zero-order valence-electron chi connectivity index (χ0n) is 11.4. The van der Waals surface area contributed by atoms with Gasteiger partial charge in [0.15, 0.2) is 0 Å². The number of nitrogens with two attached hydrogens (primary N) is 1. The summed E-state index contributed by atoms with van der Waals surface area (Å²) >= 11 is 0. The van der Waals surface area contributed by atoms with Crippen LogP contribution in [0.25, 0.3) is 10.9 Å². The number of benzene rings is 1. The van der Waals surface area contributed by atoms with E-state index in [4.69, 9.17) is 5.73 Å². The summed E-state index contributed by atoms with van der Waals surface area (Å²) in [6.07, 6.45) is 3.04. The van der Waals surface area contributed by atoms with Crippen LogP contribution in [0.3, 0.4) is 0 Å². The Balaban J connectivity index is 2.32. The fraction of sp³-hybridized carbons (Fsp3) is 0.400. The summed E-state index contributed by atoms with van der Waals surface area (Å²) in [7, 11) is 2.13. The van der Waals surface area contributed by atoms with Gasteiger partial charge in [-0.1, -0.05) is 13.8 Å². The molecule has 0 saturated heterocycles. The summed E-state index contributed by atoms with van der Waals surface area (Å²) in [6.45, 7) is 5.56. The fourth-order valence-electron chi connectivity index (χ4n) is 2.06. The summed E-state index contributed by atoms with van der Waals surface area (Å²) in [4.78, 5) is 6.67. The molecule has 1 aromatic heterocycles. The van der Waals surface area contributed by atoms with Crippen molar-refractivity contribution in [2.75, 3.05) is 24.2 Å². The minimum atomic E-state index is 0.719. The second-order valence-corrected chi connectivity index (χ2v) is 5.21. The first-order valence-corrected chi connectivity index (χ1v) is 6.43. The van der Waals surface area contributed by atoms with Gasteiger partial charge in [0.2, 0.25) is 0 Å². The molecule has 1 heterocycles. The van der Waals surface area contributed by atoms with Crippen LogP contribution in [0.4, 0.5) is 11.4 Å². The minimum absolute atomic E-state index is 0.719. The zero-order valence-corrected chi connectivity index (χ0v) is 11.4. The molecule has 0 atom stereocenters. The van der Waals surface area contributed by atoms with Crippen LogP contribution in [0.1, 0.15) is 20.3 Å². The van der Waals surface area contributed by atoms with E-state index >= 15 is 0 Å². The predicted octanol–water partition coefficient (Wildman–Crippen LogP) is 3.30. The number of anilines is 2. The van der Waals surface area contributed by atoms with Crippen LogP contribution < -0.4 is 10.6 Å². The molecule has 0 unspecified atom stereocenters. The van der Waals surface area contributed by atoms with Crippen LogP contribution in [0.5, 0.6) is 0 Å². The highest BCUT2D eigenvalue weighted by molar-refractivity contribution is 5.93. The van der Waals surface area contributed by atoms with E-state index in [9.17, 15) is 0 Å². The molecular weight excluding hydrogens is 222 g/mol. The smallest absolute Gasteiger partial charge is 0.0743 e. The van der Waals surface area contributed by atoms with Gasteiger partial charge < -0.3 is 10.6 Å². The summed E-state index contributed by atoms with van der Waals surface area (Å²) < 4.78 is 0. The average Bonchev–Trinajstić information content (AvgIpc) is 2.34. The Morgan fingerprint density at radius 3 is 2.78 bits per heavy atom. The highest BCUT2D eigenvalue weighted by Crippen LogP contribution is 2.26. The van der Waals surface area contributed by atoms with Crippen LogP contribution in [-0.2, 0) is 0 Å². The Labute approximate surface area is 109 Å². The third-order valence-corrected chi connectivity index (χ3v) is 3.20. The second-order valence-electron chi connectivity index (χ2n) is 5.21. The Morgan fingerprint density at radius 1 is 1.28 bits per heavy atom. The lowest BCUT2D eigenvalue weighted by molar-refractivity contribution is 0.585. The van der Waals surface area contributed by atoms with E-state index in [0.717, 1.165) is 29.1 Å². The van der Waals surface area contributed by atoms with Crippen molar-refractivity contribution in [1.82, 2.24) is 4.98 Å². The standard InChI is InChI=1S/C15H21N3/c1-11(2)7-9-18(3)15-6-8-17-14-10-12(16)4-5-13(14)15/h4-6,8,10-11H,7,9,16H2,1-3H3. The van der Waals surface area contributed by atoms with Gasteiger partial charge in [-0.3, -0.25) is 4.98 Å². The Kier molecular flexibility index (Phi) is 3.70. The van der Waals surface area contributed by atoms with Crippen molar-refractivity contribution < 1.29 is 0 Å². The van der Waals surface area contributed by atoms with Crippen LogP contribution >= 0.6 is 0 Å². The molecule has 0 fully saturated rings. The molecule has 3 nitrogen and oxygen atoms in total. The van der Waals surface area contributed by atoms with Crippen molar-refractivity contribution in [3.05, 3.63) is 30.5 Å². The summed E-state index contributed by atoms with van der Waals surface area (Å²) in [6, 6.07) is 7.98. The first-order valence-electron chi connectivity index (χ1n) is 6.43. The third-order valence-electron chi connectivity index (χ3n) is 3.20. The molecule has 0 aliphatic rings. The SMILES string of the molecule is CC(C)CCN(C)c1ccnc2cc(N)ccc12. The second kappa shape index (κ2) is 5.25. The number of fused-ring (bicyclic) bond motifs is 1. The molecule has 2 N–H and O–H groups in total. The predicted molar refractivity (Wildman–Crippen MR) is 78.9 cm³/mol. The molecular formula is C15H21N3. The van der Waals surface area contributed by atoms with Gasteiger partial charge in [-0.05, 0) is 36.6 Å². The summed E-state index contributed by atoms with van der Waals surface area (Å²) in [5, 5.41) is 1.16. The van der Waals surface area contributed by atoms with Gasteiger partial charge in [0.1, 0.15) is 0 Å². The first kappa shape index (κ1) is 12.7. The number of aromatic nitrogens is 1. The molecule has 0 spiro atoms. The van der Waals surface area contributed by atoms with E-state index in [0.29, 0.717) is 0 Å². The highest BCUT2D eigenvalue weighted by atomic mass is 15.1. The topological polar surface area (TPSA) is 42.2 Å². The van der Waals surface area contributed by atoms with E-state index < -0.39 is 0 Å². The Morgan fingerprint density at radius 2 is 2.06 bits per heavy atom.